The zero-order chi connectivity index (χ0) is 18.7. The Hall–Kier alpha value is -3.09. The van der Waals surface area contributed by atoms with Gasteiger partial charge in [-0.05, 0) is 38.0 Å². The third-order valence-corrected chi connectivity index (χ3v) is 4.43. The van der Waals surface area contributed by atoms with Gasteiger partial charge in [-0.25, -0.2) is 9.48 Å². The predicted octanol–water partition coefficient (Wildman–Crippen LogP) is 3.36. The summed E-state index contributed by atoms with van der Waals surface area (Å²) in [4.78, 5) is 12.5. The van der Waals surface area contributed by atoms with Gasteiger partial charge in [-0.3, -0.25) is 10.00 Å². The average Bonchev–Trinajstić information content (AvgIpc) is 3.23. The van der Waals surface area contributed by atoms with E-state index in [1.54, 1.807) is 15.6 Å². The van der Waals surface area contributed by atoms with E-state index >= 15 is 0 Å². The lowest BCUT2D eigenvalue weighted by Gasteiger charge is -2.18. The average molecular weight is 352 g/mol. The van der Waals surface area contributed by atoms with Gasteiger partial charge in [-0.15, -0.1) is 0 Å². The van der Waals surface area contributed by atoms with Crippen LogP contribution in [0, 0.1) is 6.92 Å². The van der Waals surface area contributed by atoms with Crippen molar-refractivity contribution in [3.8, 4) is 5.69 Å². The number of aryl methyl sites for hydroxylation is 2. The minimum atomic E-state index is -0.259. The maximum absolute atomic E-state index is 12.5. The molecule has 2 amide bonds. The van der Waals surface area contributed by atoms with Gasteiger partial charge in [0.25, 0.3) is 0 Å². The summed E-state index contributed by atoms with van der Waals surface area (Å²) in [7, 11) is 1.83. The Morgan fingerprint density at radius 3 is 2.73 bits per heavy atom. The summed E-state index contributed by atoms with van der Waals surface area (Å²) in [6.07, 6.45) is 4.43. The van der Waals surface area contributed by atoms with E-state index in [2.05, 4.69) is 27.8 Å². The summed E-state index contributed by atoms with van der Waals surface area (Å²) in [5.41, 5.74) is 3.91. The van der Waals surface area contributed by atoms with Crippen molar-refractivity contribution in [2.45, 2.75) is 33.2 Å². The van der Waals surface area contributed by atoms with Crippen molar-refractivity contribution in [1.82, 2.24) is 24.9 Å². The molecule has 0 saturated heterocycles. The Labute approximate surface area is 153 Å². The van der Waals surface area contributed by atoms with Crippen LogP contribution in [-0.2, 0) is 13.5 Å². The molecule has 3 aromatic rings. The normalized spacial score (nSPS) is 12.0. The Kier molecular flexibility index (Phi) is 5.06. The molecule has 7 nitrogen and oxygen atoms in total. The van der Waals surface area contributed by atoms with Crippen LogP contribution in [-0.4, -0.2) is 25.6 Å². The summed E-state index contributed by atoms with van der Waals surface area (Å²) < 4.78 is 3.50. The van der Waals surface area contributed by atoms with E-state index in [0.717, 1.165) is 34.7 Å². The molecule has 2 heterocycles. The maximum Gasteiger partial charge on any atom is 0.320 e. The second kappa shape index (κ2) is 7.43. The molecular formula is C19H24N6O. The lowest BCUT2D eigenvalue weighted by atomic mass is 10.1. The summed E-state index contributed by atoms with van der Waals surface area (Å²) >= 11 is 0. The molecule has 26 heavy (non-hydrogen) atoms. The molecule has 1 aromatic carbocycles. The molecule has 136 valence electrons. The number of nitrogens with one attached hydrogen (secondary N) is 2. The number of nitrogens with zero attached hydrogens (tertiary/aromatic N) is 4. The number of rotatable bonds is 5. The second-order valence-corrected chi connectivity index (χ2v) is 6.22. The Morgan fingerprint density at radius 1 is 1.27 bits per heavy atom. The fourth-order valence-corrected chi connectivity index (χ4v) is 3.17. The first-order chi connectivity index (χ1) is 12.5. The number of hydrogen-bond acceptors (Lipinski definition) is 3. The first-order valence-corrected chi connectivity index (χ1v) is 8.70. The summed E-state index contributed by atoms with van der Waals surface area (Å²) in [6, 6.07) is 9.32. The van der Waals surface area contributed by atoms with Crippen LogP contribution in [0.3, 0.4) is 0 Å². The quantitative estimate of drug-likeness (QED) is 0.739. The number of carbonyl (C=O) groups excluding carboxylic acids is 1. The first-order valence-electron chi connectivity index (χ1n) is 8.70. The molecule has 1 atom stereocenters. The van der Waals surface area contributed by atoms with Gasteiger partial charge in [0.05, 0.1) is 17.4 Å². The highest BCUT2D eigenvalue weighted by Crippen LogP contribution is 2.22. The summed E-state index contributed by atoms with van der Waals surface area (Å²) in [5, 5.41) is 14.6. The van der Waals surface area contributed by atoms with E-state index in [4.69, 9.17) is 0 Å². The molecular weight excluding hydrogens is 328 g/mol. The molecule has 0 aliphatic carbocycles. The monoisotopic (exact) mass is 352 g/mol. The topological polar surface area (TPSA) is 76.8 Å². The second-order valence-electron chi connectivity index (χ2n) is 6.22. The van der Waals surface area contributed by atoms with E-state index in [9.17, 15) is 4.79 Å². The van der Waals surface area contributed by atoms with E-state index in [-0.39, 0.29) is 12.1 Å². The van der Waals surface area contributed by atoms with Crippen LogP contribution in [0.4, 0.5) is 10.6 Å². The first kappa shape index (κ1) is 17.7. The largest absolute Gasteiger partial charge is 0.331 e. The van der Waals surface area contributed by atoms with Crippen LogP contribution < -0.4 is 10.6 Å². The van der Waals surface area contributed by atoms with Crippen LogP contribution in [0.5, 0.6) is 0 Å². The van der Waals surface area contributed by atoms with E-state index in [0.29, 0.717) is 0 Å². The van der Waals surface area contributed by atoms with Gasteiger partial charge < -0.3 is 5.32 Å². The zero-order valence-corrected chi connectivity index (χ0v) is 15.5. The summed E-state index contributed by atoms with van der Waals surface area (Å²) in [5.74, 6) is 0.732. The molecule has 0 aliphatic rings. The Balaban J connectivity index is 1.77. The standard InChI is InChI=1S/C19H24N6O/c1-5-15-14(3)23-24(4)18(15)22-19(26)21-13(2)16-9-6-7-10-17(16)25-12-8-11-20-25/h6-13H,5H2,1-4H3,(H2,21,22,26)/t13-/m1/s1. The third-order valence-electron chi connectivity index (χ3n) is 4.43. The molecule has 0 fully saturated rings. The summed E-state index contributed by atoms with van der Waals surface area (Å²) in [6.45, 7) is 5.96. The highest BCUT2D eigenvalue weighted by molar-refractivity contribution is 5.89. The molecule has 0 aliphatic heterocycles. The van der Waals surface area contributed by atoms with Crippen molar-refractivity contribution >= 4 is 11.8 Å². The van der Waals surface area contributed by atoms with Crippen LogP contribution in [0.25, 0.3) is 5.69 Å². The van der Waals surface area contributed by atoms with Crippen LogP contribution >= 0.6 is 0 Å². The Bertz CT molecular complexity index is 897. The predicted molar refractivity (Wildman–Crippen MR) is 101 cm³/mol. The number of hydrogen-bond donors (Lipinski definition) is 2. The van der Waals surface area contributed by atoms with E-state index in [1.807, 2.05) is 57.4 Å². The van der Waals surface area contributed by atoms with Gasteiger partial charge in [0.15, 0.2) is 0 Å². The van der Waals surface area contributed by atoms with Crippen molar-refractivity contribution in [3.63, 3.8) is 0 Å². The zero-order valence-electron chi connectivity index (χ0n) is 15.5. The lowest BCUT2D eigenvalue weighted by molar-refractivity contribution is 0.249. The molecule has 3 rings (SSSR count). The maximum atomic E-state index is 12.5. The van der Waals surface area contributed by atoms with Crippen LogP contribution in [0.15, 0.2) is 42.7 Å². The molecule has 0 unspecified atom stereocenters. The Morgan fingerprint density at radius 2 is 2.04 bits per heavy atom. The van der Waals surface area contributed by atoms with Crippen molar-refractivity contribution in [2.75, 3.05) is 5.32 Å². The van der Waals surface area contributed by atoms with Crippen molar-refractivity contribution in [1.29, 1.82) is 0 Å². The highest BCUT2D eigenvalue weighted by Gasteiger charge is 2.17. The van der Waals surface area contributed by atoms with Gasteiger partial charge in [0.2, 0.25) is 0 Å². The number of urea groups is 1. The number of carbonyl (C=O) groups is 1. The van der Waals surface area contributed by atoms with Gasteiger partial charge in [-0.1, -0.05) is 25.1 Å². The molecule has 0 saturated carbocycles. The van der Waals surface area contributed by atoms with Gasteiger partial charge in [0, 0.05) is 25.0 Å². The molecule has 0 bridgehead atoms. The molecule has 0 spiro atoms. The minimum Gasteiger partial charge on any atom is -0.331 e. The highest BCUT2D eigenvalue weighted by atomic mass is 16.2. The van der Waals surface area contributed by atoms with Crippen molar-refractivity contribution in [2.24, 2.45) is 7.05 Å². The van der Waals surface area contributed by atoms with Gasteiger partial charge in [-0.2, -0.15) is 10.2 Å². The fourth-order valence-electron chi connectivity index (χ4n) is 3.17. The van der Waals surface area contributed by atoms with Crippen LogP contribution in [0.1, 0.15) is 36.7 Å². The SMILES string of the molecule is CCc1c(C)nn(C)c1NC(=O)N[C@H](C)c1ccccc1-n1cccn1. The van der Waals surface area contributed by atoms with Gasteiger partial charge in [0.1, 0.15) is 5.82 Å². The number of anilines is 1. The minimum absolute atomic E-state index is 0.185. The smallest absolute Gasteiger partial charge is 0.320 e. The van der Waals surface area contributed by atoms with E-state index in [1.165, 1.54) is 0 Å². The number of aromatic nitrogens is 4. The van der Waals surface area contributed by atoms with Crippen LogP contribution in [0.2, 0.25) is 0 Å². The number of benzene rings is 1. The number of amides is 2. The van der Waals surface area contributed by atoms with Gasteiger partial charge >= 0.3 is 6.03 Å². The third kappa shape index (κ3) is 3.46. The van der Waals surface area contributed by atoms with E-state index < -0.39 is 0 Å². The van der Waals surface area contributed by atoms with Crippen molar-refractivity contribution < 1.29 is 4.79 Å². The van der Waals surface area contributed by atoms with Crippen molar-refractivity contribution in [3.05, 3.63) is 59.5 Å². The molecule has 2 aromatic heterocycles. The number of para-hydroxylation sites is 1. The fraction of sp³-hybridized carbons (Fsp3) is 0.316. The lowest BCUT2D eigenvalue weighted by Crippen LogP contribution is -2.32. The molecule has 2 N–H and O–H groups in total. The molecule has 0 radical (unpaired) electrons. The molecule has 7 heteroatoms.